The van der Waals surface area contributed by atoms with Gasteiger partial charge in [-0.15, -0.1) is 0 Å². The number of ether oxygens (including phenoxy) is 1. The fourth-order valence-electron chi connectivity index (χ4n) is 3.02. The highest BCUT2D eigenvalue weighted by molar-refractivity contribution is 6.30. The van der Waals surface area contributed by atoms with Crippen molar-refractivity contribution in [3.05, 3.63) is 59.1 Å². The number of halogens is 1. The van der Waals surface area contributed by atoms with Gasteiger partial charge in [0, 0.05) is 42.5 Å². The number of carbonyl (C=O) groups excluding carboxylic acids is 2. The first-order valence-electron chi connectivity index (χ1n) is 9.01. The Hall–Kier alpha value is -2.77. The van der Waals surface area contributed by atoms with E-state index >= 15 is 0 Å². The van der Waals surface area contributed by atoms with Gasteiger partial charge >= 0.3 is 0 Å². The van der Waals surface area contributed by atoms with Crippen LogP contribution >= 0.6 is 11.6 Å². The molecule has 1 saturated heterocycles. The number of carbonyl (C=O) groups is 2. The number of nitrogens with one attached hydrogen (secondary N) is 2. The quantitative estimate of drug-likeness (QED) is 0.747. The molecule has 2 N–H and O–H groups in total. The average Bonchev–Trinajstić information content (AvgIpc) is 2.72. The molecule has 7 nitrogen and oxygen atoms in total. The molecule has 0 aromatic heterocycles. The zero-order valence-corrected chi connectivity index (χ0v) is 16.4. The minimum Gasteiger partial charge on any atom is -0.497 e. The van der Waals surface area contributed by atoms with Crippen LogP contribution in [0.3, 0.4) is 0 Å². The molecule has 0 radical (unpaired) electrons. The second kappa shape index (κ2) is 9.43. The largest absolute Gasteiger partial charge is 0.497 e. The molecule has 1 aliphatic rings. The van der Waals surface area contributed by atoms with Crippen molar-refractivity contribution in [2.24, 2.45) is 0 Å². The van der Waals surface area contributed by atoms with E-state index in [0.29, 0.717) is 16.3 Å². The SMILES string of the molecule is COc1ccc(C(=O)NNC(=O)CN2CCN(c3cccc(Cl)c3)CC2)cc1. The second-order valence-corrected chi connectivity index (χ2v) is 6.91. The van der Waals surface area contributed by atoms with E-state index in [1.807, 2.05) is 24.3 Å². The van der Waals surface area contributed by atoms with Crippen LogP contribution < -0.4 is 20.5 Å². The minimum atomic E-state index is -0.373. The lowest BCUT2D eigenvalue weighted by molar-refractivity contribution is -0.123. The van der Waals surface area contributed by atoms with Gasteiger partial charge in [0.15, 0.2) is 0 Å². The number of hydrogen-bond acceptors (Lipinski definition) is 5. The first-order chi connectivity index (χ1) is 13.5. The molecule has 0 bridgehead atoms. The van der Waals surface area contributed by atoms with E-state index < -0.39 is 0 Å². The van der Waals surface area contributed by atoms with Crippen LogP contribution in [0.25, 0.3) is 0 Å². The van der Waals surface area contributed by atoms with Crippen LogP contribution in [0.5, 0.6) is 5.75 Å². The maximum atomic E-state index is 12.1. The number of amides is 2. The number of nitrogens with zero attached hydrogens (tertiary/aromatic N) is 2. The fourth-order valence-corrected chi connectivity index (χ4v) is 3.21. The van der Waals surface area contributed by atoms with Crippen LogP contribution in [0.2, 0.25) is 5.02 Å². The topological polar surface area (TPSA) is 73.9 Å². The van der Waals surface area contributed by atoms with Crippen molar-refractivity contribution in [1.82, 2.24) is 15.8 Å². The van der Waals surface area contributed by atoms with Crippen LogP contribution in [0, 0.1) is 0 Å². The normalized spacial score (nSPS) is 14.4. The zero-order chi connectivity index (χ0) is 19.9. The molecule has 1 fully saturated rings. The predicted octanol–water partition coefficient (Wildman–Crippen LogP) is 1.93. The maximum Gasteiger partial charge on any atom is 0.269 e. The lowest BCUT2D eigenvalue weighted by atomic mass is 10.2. The lowest BCUT2D eigenvalue weighted by Crippen LogP contribution is -2.52. The fraction of sp³-hybridized carbons (Fsp3) is 0.300. The van der Waals surface area contributed by atoms with Crippen molar-refractivity contribution in [1.29, 1.82) is 0 Å². The molecule has 1 heterocycles. The molecule has 148 valence electrons. The molecule has 8 heteroatoms. The van der Waals surface area contributed by atoms with Crippen LogP contribution in [-0.4, -0.2) is 56.5 Å². The number of benzene rings is 2. The van der Waals surface area contributed by atoms with E-state index in [9.17, 15) is 9.59 Å². The number of hydrazine groups is 1. The van der Waals surface area contributed by atoms with Crippen LogP contribution in [0.1, 0.15) is 10.4 Å². The summed E-state index contributed by atoms with van der Waals surface area (Å²) in [4.78, 5) is 28.5. The standard InChI is InChI=1S/C20H23ClN4O3/c1-28-18-7-5-15(6-8-18)20(27)23-22-19(26)14-24-9-11-25(12-10-24)17-4-2-3-16(21)13-17/h2-8,13H,9-12,14H2,1H3,(H,22,26)(H,23,27). The van der Waals surface area contributed by atoms with Gasteiger partial charge in [-0.25, -0.2) is 0 Å². The van der Waals surface area contributed by atoms with E-state index in [0.717, 1.165) is 31.9 Å². The molecule has 3 rings (SSSR count). The van der Waals surface area contributed by atoms with E-state index in [-0.39, 0.29) is 18.4 Å². The van der Waals surface area contributed by atoms with Gasteiger partial charge in [0.2, 0.25) is 0 Å². The zero-order valence-electron chi connectivity index (χ0n) is 15.7. The first-order valence-corrected chi connectivity index (χ1v) is 9.39. The Balaban J connectivity index is 1.41. The van der Waals surface area contributed by atoms with Crippen LogP contribution in [-0.2, 0) is 4.79 Å². The third-order valence-electron chi connectivity index (χ3n) is 4.58. The van der Waals surface area contributed by atoms with Gasteiger partial charge < -0.3 is 9.64 Å². The Morgan fingerprint density at radius 2 is 1.75 bits per heavy atom. The second-order valence-electron chi connectivity index (χ2n) is 6.47. The van der Waals surface area contributed by atoms with Crippen LogP contribution in [0.4, 0.5) is 5.69 Å². The average molecular weight is 403 g/mol. The van der Waals surface area contributed by atoms with Gasteiger partial charge in [-0.3, -0.25) is 25.3 Å². The van der Waals surface area contributed by atoms with Crippen molar-refractivity contribution in [2.45, 2.75) is 0 Å². The van der Waals surface area contributed by atoms with E-state index in [2.05, 4.69) is 20.7 Å². The van der Waals surface area contributed by atoms with E-state index in [4.69, 9.17) is 16.3 Å². The minimum absolute atomic E-state index is 0.228. The summed E-state index contributed by atoms with van der Waals surface area (Å²) in [6.07, 6.45) is 0. The maximum absolute atomic E-state index is 12.1. The summed E-state index contributed by atoms with van der Waals surface area (Å²) in [5.74, 6) is 0.0392. The summed E-state index contributed by atoms with van der Waals surface area (Å²) >= 11 is 6.05. The molecular formula is C20H23ClN4O3. The van der Waals surface area contributed by atoms with Gasteiger partial charge in [-0.2, -0.15) is 0 Å². The highest BCUT2D eigenvalue weighted by Crippen LogP contribution is 2.20. The third kappa shape index (κ3) is 5.37. The van der Waals surface area contributed by atoms with Crippen molar-refractivity contribution in [3.63, 3.8) is 0 Å². The van der Waals surface area contributed by atoms with Gasteiger partial charge in [0.25, 0.3) is 11.8 Å². The lowest BCUT2D eigenvalue weighted by Gasteiger charge is -2.35. The number of methoxy groups -OCH3 is 1. The summed E-state index contributed by atoms with van der Waals surface area (Å²) in [5, 5.41) is 0.715. The van der Waals surface area contributed by atoms with Gasteiger partial charge in [-0.05, 0) is 42.5 Å². The Kier molecular flexibility index (Phi) is 6.73. The summed E-state index contributed by atoms with van der Waals surface area (Å²) in [6, 6.07) is 14.4. The van der Waals surface area contributed by atoms with E-state index in [1.165, 1.54) is 0 Å². The van der Waals surface area contributed by atoms with Crippen LogP contribution in [0.15, 0.2) is 48.5 Å². The number of rotatable bonds is 5. The van der Waals surface area contributed by atoms with Gasteiger partial charge in [0.05, 0.1) is 13.7 Å². The van der Waals surface area contributed by atoms with E-state index in [1.54, 1.807) is 31.4 Å². The molecule has 2 amide bonds. The van der Waals surface area contributed by atoms with Gasteiger partial charge in [0.1, 0.15) is 5.75 Å². The molecule has 1 aliphatic heterocycles. The third-order valence-corrected chi connectivity index (χ3v) is 4.82. The molecule has 2 aromatic rings. The Morgan fingerprint density at radius 1 is 1.04 bits per heavy atom. The predicted molar refractivity (Wildman–Crippen MR) is 109 cm³/mol. The summed E-state index contributed by atoms with van der Waals surface area (Å²) in [6.45, 7) is 3.36. The van der Waals surface area contributed by atoms with Crippen molar-refractivity contribution < 1.29 is 14.3 Å². The van der Waals surface area contributed by atoms with Gasteiger partial charge in [-0.1, -0.05) is 17.7 Å². The number of piperazine rings is 1. The molecule has 0 atom stereocenters. The van der Waals surface area contributed by atoms with Crippen molar-refractivity contribution in [2.75, 3.05) is 44.7 Å². The number of anilines is 1. The molecule has 0 spiro atoms. The highest BCUT2D eigenvalue weighted by atomic mass is 35.5. The molecule has 0 aliphatic carbocycles. The van der Waals surface area contributed by atoms with Crippen molar-refractivity contribution in [3.8, 4) is 5.75 Å². The molecular weight excluding hydrogens is 380 g/mol. The molecule has 0 saturated carbocycles. The summed E-state index contributed by atoms with van der Waals surface area (Å²) < 4.78 is 5.06. The molecule has 0 unspecified atom stereocenters. The smallest absolute Gasteiger partial charge is 0.269 e. The van der Waals surface area contributed by atoms with Crippen molar-refractivity contribution >= 4 is 29.1 Å². The molecule has 2 aromatic carbocycles. The Labute approximate surface area is 169 Å². The Morgan fingerprint density at radius 3 is 2.39 bits per heavy atom. The highest BCUT2D eigenvalue weighted by Gasteiger charge is 2.19. The Bertz CT molecular complexity index is 820. The first kappa shape index (κ1) is 20.0. The summed E-state index contributed by atoms with van der Waals surface area (Å²) in [7, 11) is 1.56. The number of hydrogen-bond donors (Lipinski definition) is 2. The molecule has 28 heavy (non-hydrogen) atoms. The summed E-state index contributed by atoms with van der Waals surface area (Å²) in [5.41, 5.74) is 6.43. The monoisotopic (exact) mass is 402 g/mol.